The Morgan fingerprint density at radius 1 is 0.946 bits per heavy atom. The van der Waals surface area contributed by atoms with Crippen molar-refractivity contribution in [1.29, 1.82) is 0 Å². The molecule has 0 aliphatic carbocycles. The number of aryl methyl sites for hydroxylation is 3. The van der Waals surface area contributed by atoms with Gasteiger partial charge in [-0.05, 0) is 37.6 Å². The van der Waals surface area contributed by atoms with E-state index in [4.69, 9.17) is 4.74 Å². The van der Waals surface area contributed by atoms with Crippen molar-refractivity contribution in [2.75, 3.05) is 37.7 Å². The normalized spacial score (nSPS) is 14.2. The molecule has 0 amide bonds. The minimum atomic E-state index is -0.236. The van der Waals surface area contributed by atoms with Gasteiger partial charge >= 0.3 is 5.56 Å². The highest BCUT2D eigenvalue weighted by molar-refractivity contribution is 5.57. The molecule has 0 radical (unpaired) electrons. The number of rotatable bonds is 8. The molecule has 0 N–H and O–H groups in total. The molecule has 2 aromatic carbocycles. The summed E-state index contributed by atoms with van der Waals surface area (Å²) in [4.78, 5) is 18.2. The van der Waals surface area contributed by atoms with E-state index in [1.165, 1.54) is 21.5 Å². The third-order valence-corrected chi connectivity index (χ3v) is 6.87. The van der Waals surface area contributed by atoms with E-state index in [0.717, 1.165) is 56.2 Å². The molecule has 0 bridgehead atoms. The first-order chi connectivity index (χ1) is 18.0. The minimum absolute atomic E-state index is 0.236. The number of piperazine rings is 1. The van der Waals surface area contributed by atoms with Crippen LogP contribution in [0.15, 0.2) is 71.7 Å². The molecule has 8 nitrogen and oxygen atoms in total. The highest BCUT2D eigenvalue weighted by Crippen LogP contribution is 2.26. The van der Waals surface area contributed by atoms with E-state index in [9.17, 15) is 4.79 Å². The fourth-order valence-electron chi connectivity index (χ4n) is 4.76. The van der Waals surface area contributed by atoms with Crippen molar-refractivity contribution < 1.29 is 4.74 Å². The third kappa shape index (κ3) is 5.75. The van der Waals surface area contributed by atoms with Crippen molar-refractivity contribution >= 4 is 5.69 Å². The van der Waals surface area contributed by atoms with Crippen LogP contribution in [0.3, 0.4) is 0 Å². The van der Waals surface area contributed by atoms with Gasteiger partial charge in [-0.15, -0.1) is 0 Å². The SMILES string of the molecule is Cc1ccc(CCOc2c(N3CCN(Cc4cc(C)nn4C)CC3)cnn(-c3ccccc3)c2=O)cc1. The second-order valence-electron chi connectivity index (χ2n) is 9.66. The van der Waals surface area contributed by atoms with Gasteiger partial charge in [0.2, 0.25) is 5.75 Å². The summed E-state index contributed by atoms with van der Waals surface area (Å²) in [5.74, 6) is 0.363. The predicted octanol–water partition coefficient (Wildman–Crippen LogP) is 3.53. The number of anilines is 1. The Labute approximate surface area is 217 Å². The number of hydrogen-bond acceptors (Lipinski definition) is 6. The number of benzene rings is 2. The van der Waals surface area contributed by atoms with Crippen molar-refractivity contribution in [2.45, 2.75) is 26.8 Å². The Morgan fingerprint density at radius 3 is 2.35 bits per heavy atom. The van der Waals surface area contributed by atoms with Crippen molar-refractivity contribution in [3.8, 4) is 11.4 Å². The van der Waals surface area contributed by atoms with Gasteiger partial charge in [-0.3, -0.25) is 14.4 Å². The summed E-state index contributed by atoms with van der Waals surface area (Å²) in [5.41, 5.74) is 5.90. The summed E-state index contributed by atoms with van der Waals surface area (Å²) in [6.45, 7) is 8.73. The topological polar surface area (TPSA) is 68.4 Å². The largest absolute Gasteiger partial charge is 0.486 e. The Hall–Kier alpha value is -3.91. The zero-order valence-electron chi connectivity index (χ0n) is 21.8. The van der Waals surface area contributed by atoms with Crippen LogP contribution in [0.25, 0.3) is 5.69 Å². The van der Waals surface area contributed by atoms with Crippen LogP contribution in [0.5, 0.6) is 5.75 Å². The van der Waals surface area contributed by atoms with Crippen LogP contribution in [0.4, 0.5) is 5.69 Å². The van der Waals surface area contributed by atoms with E-state index in [1.807, 2.05) is 49.0 Å². The monoisotopic (exact) mass is 498 g/mol. The van der Waals surface area contributed by atoms with Gasteiger partial charge in [0.1, 0.15) is 5.69 Å². The van der Waals surface area contributed by atoms with E-state index >= 15 is 0 Å². The smallest absolute Gasteiger partial charge is 0.316 e. The first-order valence-corrected chi connectivity index (χ1v) is 12.8. The zero-order chi connectivity index (χ0) is 25.8. The molecule has 2 aromatic heterocycles. The Balaban J connectivity index is 1.34. The molecule has 1 aliphatic rings. The Bertz CT molecular complexity index is 1390. The molecule has 3 heterocycles. The highest BCUT2D eigenvalue weighted by Gasteiger charge is 2.24. The van der Waals surface area contributed by atoms with E-state index < -0.39 is 0 Å². The van der Waals surface area contributed by atoms with Gasteiger partial charge in [0.15, 0.2) is 0 Å². The van der Waals surface area contributed by atoms with Gasteiger partial charge in [-0.2, -0.15) is 14.9 Å². The predicted molar refractivity (Wildman–Crippen MR) is 146 cm³/mol. The van der Waals surface area contributed by atoms with Gasteiger partial charge in [-0.25, -0.2) is 0 Å². The first-order valence-electron chi connectivity index (χ1n) is 12.8. The lowest BCUT2D eigenvalue weighted by Gasteiger charge is -2.36. The molecule has 192 valence electrons. The second-order valence-corrected chi connectivity index (χ2v) is 9.66. The van der Waals surface area contributed by atoms with Crippen LogP contribution in [0, 0.1) is 13.8 Å². The fraction of sp³-hybridized carbons (Fsp3) is 0.345. The molecular weight excluding hydrogens is 464 g/mol. The number of ether oxygens (including phenoxy) is 1. The molecule has 5 rings (SSSR count). The average molecular weight is 499 g/mol. The molecule has 0 saturated carbocycles. The van der Waals surface area contributed by atoms with Gasteiger partial charge in [-0.1, -0.05) is 48.0 Å². The highest BCUT2D eigenvalue weighted by atomic mass is 16.5. The van der Waals surface area contributed by atoms with E-state index in [1.54, 1.807) is 6.20 Å². The van der Waals surface area contributed by atoms with Crippen LogP contribution in [0.2, 0.25) is 0 Å². The number of nitrogens with zero attached hydrogens (tertiary/aromatic N) is 6. The minimum Gasteiger partial charge on any atom is -0.486 e. The maximum absolute atomic E-state index is 13.6. The molecule has 8 heteroatoms. The number of para-hydroxylation sites is 1. The van der Waals surface area contributed by atoms with Crippen LogP contribution >= 0.6 is 0 Å². The van der Waals surface area contributed by atoms with Gasteiger partial charge in [0.25, 0.3) is 0 Å². The molecular formula is C29H34N6O2. The molecule has 0 spiro atoms. The van der Waals surface area contributed by atoms with E-state index in [2.05, 4.69) is 57.3 Å². The quantitative estimate of drug-likeness (QED) is 0.370. The van der Waals surface area contributed by atoms with Crippen molar-refractivity contribution in [3.63, 3.8) is 0 Å². The maximum atomic E-state index is 13.6. The van der Waals surface area contributed by atoms with Crippen LogP contribution in [0.1, 0.15) is 22.5 Å². The number of aromatic nitrogens is 4. The Morgan fingerprint density at radius 2 is 1.68 bits per heavy atom. The standard InChI is InChI=1S/C29H34N6O2/c1-22-9-11-24(12-10-22)13-18-37-28-27(20-30-35(29(28)36)25-7-5-4-6-8-25)34-16-14-33(15-17-34)21-26-19-23(2)31-32(26)3/h4-12,19-20H,13-18,21H2,1-3H3. The molecule has 4 aromatic rings. The zero-order valence-corrected chi connectivity index (χ0v) is 21.8. The number of hydrogen-bond donors (Lipinski definition) is 0. The lowest BCUT2D eigenvalue weighted by molar-refractivity contribution is 0.242. The summed E-state index contributed by atoms with van der Waals surface area (Å²) in [6, 6.07) is 20.0. The molecule has 1 saturated heterocycles. The lowest BCUT2D eigenvalue weighted by atomic mass is 10.1. The summed E-state index contributed by atoms with van der Waals surface area (Å²) < 4.78 is 9.59. The summed E-state index contributed by atoms with van der Waals surface area (Å²) in [7, 11) is 1.99. The van der Waals surface area contributed by atoms with Crippen LogP contribution in [-0.2, 0) is 20.0 Å². The van der Waals surface area contributed by atoms with Crippen LogP contribution in [-0.4, -0.2) is 57.2 Å². The Kier molecular flexibility index (Phi) is 7.37. The fourth-order valence-corrected chi connectivity index (χ4v) is 4.76. The van der Waals surface area contributed by atoms with Crippen LogP contribution < -0.4 is 15.2 Å². The lowest BCUT2D eigenvalue weighted by Crippen LogP contribution is -2.46. The van der Waals surface area contributed by atoms with E-state index in [-0.39, 0.29) is 5.56 Å². The second kappa shape index (κ2) is 11.0. The van der Waals surface area contributed by atoms with Gasteiger partial charge in [0.05, 0.1) is 29.9 Å². The molecule has 37 heavy (non-hydrogen) atoms. The average Bonchev–Trinajstić information content (AvgIpc) is 3.23. The third-order valence-electron chi connectivity index (χ3n) is 6.87. The van der Waals surface area contributed by atoms with E-state index in [0.29, 0.717) is 12.4 Å². The summed E-state index contributed by atoms with van der Waals surface area (Å²) in [5, 5.41) is 8.98. The first kappa shape index (κ1) is 24.8. The van der Waals surface area contributed by atoms with Crippen molar-refractivity contribution in [2.24, 2.45) is 7.05 Å². The summed E-state index contributed by atoms with van der Waals surface area (Å²) >= 11 is 0. The van der Waals surface area contributed by atoms with Gasteiger partial charge < -0.3 is 9.64 Å². The molecule has 0 unspecified atom stereocenters. The molecule has 1 fully saturated rings. The molecule has 0 atom stereocenters. The van der Waals surface area contributed by atoms with Crippen molar-refractivity contribution in [3.05, 3.63) is 99.7 Å². The van der Waals surface area contributed by atoms with Gasteiger partial charge in [0, 0.05) is 46.2 Å². The summed E-state index contributed by atoms with van der Waals surface area (Å²) in [6.07, 6.45) is 2.50. The molecule has 1 aliphatic heterocycles. The maximum Gasteiger partial charge on any atom is 0.316 e. The van der Waals surface area contributed by atoms with Crippen molar-refractivity contribution in [1.82, 2.24) is 24.5 Å².